The molecule has 1 aliphatic carbocycles. The highest BCUT2D eigenvalue weighted by molar-refractivity contribution is 7.99. The average molecular weight is 189 g/mol. The van der Waals surface area contributed by atoms with Crippen LogP contribution in [0, 0.1) is 5.92 Å². The van der Waals surface area contributed by atoms with Crippen molar-refractivity contribution in [1.29, 1.82) is 0 Å². The summed E-state index contributed by atoms with van der Waals surface area (Å²) in [5, 5.41) is 8.47. The van der Waals surface area contributed by atoms with Crippen LogP contribution >= 0.6 is 11.8 Å². The van der Waals surface area contributed by atoms with Crippen LogP contribution in [0.2, 0.25) is 0 Å². The monoisotopic (exact) mass is 189 g/mol. The summed E-state index contributed by atoms with van der Waals surface area (Å²) >= 11 is 1.83. The van der Waals surface area contributed by atoms with Crippen molar-refractivity contribution in [3.8, 4) is 0 Å². The summed E-state index contributed by atoms with van der Waals surface area (Å²) in [5.41, 5.74) is 5.34. The van der Waals surface area contributed by atoms with Gasteiger partial charge in [-0.2, -0.15) is 11.8 Å². The predicted octanol–water partition coefficient (Wildman–Crippen LogP) is 0.932. The first-order valence-corrected chi connectivity index (χ1v) is 5.41. The molecule has 0 aromatic carbocycles. The maximum Gasteiger partial charge on any atom is 0.320 e. The molecule has 3 nitrogen and oxygen atoms in total. The van der Waals surface area contributed by atoms with E-state index in [2.05, 4.69) is 0 Å². The number of nitrogens with two attached hydrogens (primary N) is 1. The van der Waals surface area contributed by atoms with Gasteiger partial charge >= 0.3 is 5.97 Å². The normalized spacial score (nSPS) is 19.1. The molecule has 1 saturated carbocycles. The lowest BCUT2D eigenvalue weighted by Gasteiger charge is -2.04. The molecule has 0 radical (unpaired) electrons. The third-order valence-electron chi connectivity index (χ3n) is 1.94. The largest absolute Gasteiger partial charge is 0.480 e. The second kappa shape index (κ2) is 4.72. The van der Waals surface area contributed by atoms with E-state index >= 15 is 0 Å². The van der Waals surface area contributed by atoms with E-state index in [1.165, 1.54) is 18.6 Å². The Bertz CT molecular complexity index is 159. The second-order valence-corrected chi connectivity index (χ2v) is 4.40. The van der Waals surface area contributed by atoms with Crippen LogP contribution in [-0.4, -0.2) is 28.6 Å². The Balaban J connectivity index is 1.89. The number of carbonyl (C=O) groups is 1. The molecule has 0 bridgehead atoms. The maximum absolute atomic E-state index is 10.3. The van der Waals surface area contributed by atoms with E-state index in [1.807, 2.05) is 11.8 Å². The van der Waals surface area contributed by atoms with Gasteiger partial charge in [-0.15, -0.1) is 0 Å². The van der Waals surface area contributed by atoms with Crippen LogP contribution in [-0.2, 0) is 4.79 Å². The van der Waals surface area contributed by atoms with Crippen LogP contribution in [0.25, 0.3) is 0 Å². The summed E-state index contributed by atoms with van der Waals surface area (Å²) in [6.07, 6.45) is 3.31. The van der Waals surface area contributed by atoms with Crippen LogP contribution in [0.5, 0.6) is 0 Å². The van der Waals surface area contributed by atoms with Crippen LogP contribution in [0.3, 0.4) is 0 Å². The van der Waals surface area contributed by atoms with Crippen molar-refractivity contribution in [1.82, 2.24) is 0 Å². The van der Waals surface area contributed by atoms with Crippen LogP contribution in [0.15, 0.2) is 0 Å². The molecule has 1 fully saturated rings. The van der Waals surface area contributed by atoms with Gasteiger partial charge in [0.05, 0.1) is 0 Å². The Morgan fingerprint density at radius 1 is 1.67 bits per heavy atom. The molecule has 1 unspecified atom stereocenters. The van der Waals surface area contributed by atoms with E-state index in [0.717, 1.165) is 11.7 Å². The molecule has 0 heterocycles. The van der Waals surface area contributed by atoms with Crippen molar-refractivity contribution in [2.75, 3.05) is 11.5 Å². The van der Waals surface area contributed by atoms with Crippen LogP contribution in [0.1, 0.15) is 19.3 Å². The number of thioether (sulfide) groups is 1. The molecule has 3 N–H and O–H groups in total. The molecule has 12 heavy (non-hydrogen) atoms. The molecular weight excluding hydrogens is 174 g/mol. The number of carboxylic acid groups (broad SMARTS) is 1. The van der Waals surface area contributed by atoms with Gasteiger partial charge in [0.2, 0.25) is 0 Å². The molecule has 0 spiro atoms. The SMILES string of the molecule is NC(CCSCC1CC1)C(=O)O. The van der Waals surface area contributed by atoms with Gasteiger partial charge in [-0.3, -0.25) is 4.79 Å². The number of hydrogen-bond donors (Lipinski definition) is 2. The highest BCUT2D eigenvalue weighted by Crippen LogP contribution is 2.32. The molecule has 0 saturated heterocycles. The summed E-state index contributed by atoms with van der Waals surface area (Å²) < 4.78 is 0. The Morgan fingerprint density at radius 2 is 2.33 bits per heavy atom. The quantitative estimate of drug-likeness (QED) is 0.610. The fourth-order valence-electron chi connectivity index (χ4n) is 0.868. The van der Waals surface area contributed by atoms with Gasteiger partial charge in [0.1, 0.15) is 6.04 Å². The standard InChI is InChI=1S/C8H15NO2S/c9-7(8(10)11)3-4-12-5-6-1-2-6/h6-7H,1-5,9H2,(H,10,11). The third-order valence-corrected chi connectivity index (χ3v) is 3.17. The molecule has 4 heteroatoms. The van der Waals surface area contributed by atoms with Crippen LogP contribution < -0.4 is 5.73 Å². The lowest BCUT2D eigenvalue weighted by Crippen LogP contribution is -2.30. The maximum atomic E-state index is 10.3. The summed E-state index contributed by atoms with van der Waals surface area (Å²) in [5.74, 6) is 2.09. The zero-order chi connectivity index (χ0) is 8.97. The Hall–Kier alpha value is -0.220. The number of rotatable bonds is 6. The molecule has 0 aliphatic heterocycles. The van der Waals surface area contributed by atoms with Crippen molar-refractivity contribution < 1.29 is 9.90 Å². The lowest BCUT2D eigenvalue weighted by atomic mass is 10.2. The molecule has 70 valence electrons. The van der Waals surface area contributed by atoms with Crippen LogP contribution in [0.4, 0.5) is 0 Å². The van der Waals surface area contributed by atoms with Crippen molar-refractivity contribution >= 4 is 17.7 Å². The summed E-state index contributed by atoms with van der Waals surface area (Å²) in [7, 11) is 0. The van der Waals surface area contributed by atoms with Gasteiger partial charge in [0.25, 0.3) is 0 Å². The van der Waals surface area contributed by atoms with E-state index in [4.69, 9.17) is 10.8 Å². The fourth-order valence-corrected chi connectivity index (χ4v) is 2.12. The first-order valence-electron chi connectivity index (χ1n) is 4.26. The van der Waals surface area contributed by atoms with Gasteiger partial charge in [0, 0.05) is 0 Å². The Morgan fingerprint density at radius 3 is 2.83 bits per heavy atom. The van der Waals surface area contributed by atoms with Gasteiger partial charge in [0.15, 0.2) is 0 Å². The average Bonchev–Trinajstić information content (AvgIpc) is 2.80. The Kier molecular flexibility index (Phi) is 3.88. The first kappa shape index (κ1) is 9.86. The van der Waals surface area contributed by atoms with Gasteiger partial charge < -0.3 is 10.8 Å². The molecular formula is C8H15NO2S. The minimum atomic E-state index is -0.887. The Labute approximate surface area is 76.7 Å². The molecule has 1 atom stereocenters. The van der Waals surface area contributed by atoms with Gasteiger partial charge in [-0.1, -0.05) is 0 Å². The zero-order valence-electron chi connectivity index (χ0n) is 7.03. The van der Waals surface area contributed by atoms with Crippen molar-refractivity contribution in [3.05, 3.63) is 0 Å². The topological polar surface area (TPSA) is 63.3 Å². The van der Waals surface area contributed by atoms with Gasteiger partial charge in [-0.05, 0) is 36.7 Å². The van der Waals surface area contributed by atoms with Crippen molar-refractivity contribution in [2.24, 2.45) is 11.7 Å². The number of carboxylic acids is 1. The van der Waals surface area contributed by atoms with Crippen molar-refractivity contribution in [2.45, 2.75) is 25.3 Å². The summed E-state index contributed by atoms with van der Waals surface area (Å²) in [4.78, 5) is 10.3. The molecule has 0 amide bonds. The molecule has 0 aromatic rings. The zero-order valence-corrected chi connectivity index (χ0v) is 7.85. The smallest absolute Gasteiger partial charge is 0.320 e. The minimum absolute atomic E-state index is 0.590. The van der Waals surface area contributed by atoms with Gasteiger partial charge in [-0.25, -0.2) is 0 Å². The summed E-state index contributed by atoms with van der Waals surface area (Å²) in [6.45, 7) is 0. The van der Waals surface area contributed by atoms with Crippen molar-refractivity contribution in [3.63, 3.8) is 0 Å². The molecule has 1 rings (SSSR count). The number of hydrogen-bond acceptors (Lipinski definition) is 3. The van der Waals surface area contributed by atoms with E-state index in [-0.39, 0.29) is 0 Å². The van der Waals surface area contributed by atoms with E-state index < -0.39 is 12.0 Å². The second-order valence-electron chi connectivity index (χ2n) is 3.25. The third kappa shape index (κ3) is 3.97. The van der Waals surface area contributed by atoms with E-state index in [1.54, 1.807) is 0 Å². The van der Waals surface area contributed by atoms with E-state index in [9.17, 15) is 4.79 Å². The summed E-state index contributed by atoms with van der Waals surface area (Å²) in [6, 6.07) is -0.670. The highest BCUT2D eigenvalue weighted by atomic mass is 32.2. The van der Waals surface area contributed by atoms with E-state index in [0.29, 0.717) is 6.42 Å². The fraction of sp³-hybridized carbons (Fsp3) is 0.875. The highest BCUT2D eigenvalue weighted by Gasteiger charge is 2.20. The minimum Gasteiger partial charge on any atom is -0.480 e. The molecule has 0 aromatic heterocycles. The first-order chi connectivity index (χ1) is 5.70. The predicted molar refractivity (Wildman–Crippen MR) is 50.3 cm³/mol. The lowest BCUT2D eigenvalue weighted by molar-refractivity contribution is -0.138. The molecule has 1 aliphatic rings. The number of aliphatic carboxylic acids is 1.